The molecule has 0 aromatic heterocycles. The minimum Gasteiger partial charge on any atom is -0.390 e. The average Bonchev–Trinajstić information content (AvgIpc) is 3.01. The second-order valence-corrected chi connectivity index (χ2v) is 4.63. The summed E-state index contributed by atoms with van der Waals surface area (Å²) in [6.07, 6.45) is 1.03. The normalized spacial score (nSPS) is 36.1. The van der Waals surface area contributed by atoms with Crippen LogP contribution >= 0.6 is 0 Å². The summed E-state index contributed by atoms with van der Waals surface area (Å²) < 4.78 is 10.9. The quantitative estimate of drug-likeness (QED) is 0.779. The molecule has 1 saturated carbocycles. The monoisotopic (exact) mass is 220 g/mol. The molecule has 1 N–H and O–H groups in total. The van der Waals surface area contributed by atoms with Gasteiger partial charge in [-0.25, -0.2) is 0 Å². The van der Waals surface area contributed by atoms with E-state index in [9.17, 15) is 5.11 Å². The van der Waals surface area contributed by atoms with Crippen molar-refractivity contribution in [1.82, 2.24) is 0 Å². The smallest absolute Gasteiger partial charge is 0.110 e. The molecule has 1 heterocycles. The SMILES string of the molecule is OC1C(COCc2ccccc2)CC2OC21. The molecule has 0 spiro atoms. The first kappa shape index (κ1) is 10.3. The van der Waals surface area contributed by atoms with Gasteiger partial charge >= 0.3 is 0 Å². The standard InChI is InChI=1S/C13H16O3/c14-12-10(6-11-13(12)16-11)8-15-7-9-4-2-1-3-5-9/h1-5,10-14H,6-8H2. The topological polar surface area (TPSA) is 42.0 Å². The van der Waals surface area contributed by atoms with Crippen LogP contribution in [0.15, 0.2) is 30.3 Å². The maximum Gasteiger partial charge on any atom is 0.110 e. The molecule has 3 heteroatoms. The van der Waals surface area contributed by atoms with E-state index in [4.69, 9.17) is 9.47 Å². The zero-order chi connectivity index (χ0) is 11.0. The van der Waals surface area contributed by atoms with Crippen molar-refractivity contribution < 1.29 is 14.6 Å². The Morgan fingerprint density at radius 3 is 2.81 bits per heavy atom. The van der Waals surface area contributed by atoms with Crippen molar-refractivity contribution in [2.24, 2.45) is 5.92 Å². The summed E-state index contributed by atoms with van der Waals surface area (Å²) in [7, 11) is 0. The van der Waals surface area contributed by atoms with Crippen LogP contribution in [0.5, 0.6) is 0 Å². The van der Waals surface area contributed by atoms with Crippen molar-refractivity contribution in [3.05, 3.63) is 35.9 Å². The van der Waals surface area contributed by atoms with Gasteiger partial charge in [-0.1, -0.05) is 30.3 Å². The Labute approximate surface area is 95.0 Å². The van der Waals surface area contributed by atoms with Crippen molar-refractivity contribution in [1.29, 1.82) is 0 Å². The number of aliphatic hydroxyl groups is 1. The molecule has 0 amide bonds. The fourth-order valence-electron chi connectivity index (χ4n) is 2.42. The molecular formula is C13H16O3. The summed E-state index contributed by atoms with van der Waals surface area (Å²) in [5.41, 5.74) is 1.18. The first-order valence-corrected chi connectivity index (χ1v) is 5.80. The highest BCUT2D eigenvalue weighted by Crippen LogP contribution is 2.42. The van der Waals surface area contributed by atoms with Crippen molar-refractivity contribution in [2.45, 2.75) is 31.3 Å². The van der Waals surface area contributed by atoms with Gasteiger partial charge in [-0.15, -0.1) is 0 Å². The van der Waals surface area contributed by atoms with Crippen molar-refractivity contribution in [2.75, 3.05) is 6.61 Å². The minimum atomic E-state index is -0.319. The summed E-state index contributed by atoms with van der Waals surface area (Å²) in [6, 6.07) is 10.1. The molecule has 0 bridgehead atoms. The third-order valence-corrected chi connectivity index (χ3v) is 3.42. The predicted octanol–water partition coefficient (Wildman–Crippen LogP) is 1.35. The van der Waals surface area contributed by atoms with Gasteiger partial charge in [-0.3, -0.25) is 0 Å². The summed E-state index contributed by atoms with van der Waals surface area (Å²) in [5.74, 6) is 0.257. The molecule has 3 rings (SSSR count). The number of aliphatic hydroxyl groups excluding tert-OH is 1. The molecule has 16 heavy (non-hydrogen) atoms. The Morgan fingerprint density at radius 1 is 1.31 bits per heavy atom. The van der Waals surface area contributed by atoms with Gasteiger partial charge in [0, 0.05) is 5.92 Å². The van der Waals surface area contributed by atoms with Crippen molar-refractivity contribution in [3.8, 4) is 0 Å². The molecule has 1 aliphatic heterocycles. The number of hydrogen-bond acceptors (Lipinski definition) is 3. The van der Waals surface area contributed by atoms with Crippen LogP contribution in [0.2, 0.25) is 0 Å². The number of benzene rings is 1. The number of epoxide rings is 1. The highest BCUT2D eigenvalue weighted by Gasteiger charge is 2.54. The maximum atomic E-state index is 9.79. The van der Waals surface area contributed by atoms with E-state index in [1.807, 2.05) is 30.3 Å². The van der Waals surface area contributed by atoms with Crippen LogP contribution in [-0.2, 0) is 16.1 Å². The molecular weight excluding hydrogens is 204 g/mol. The molecule has 1 aromatic rings. The van der Waals surface area contributed by atoms with Crippen LogP contribution in [0.25, 0.3) is 0 Å². The number of ether oxygens (including phenoxy) is 2. The lowest BCUT2D eigenvalue weighted by atomic mass is 10.1. The largest absolute Gasteiger partial charge is 0.390 e. The lowest BCUT2D eigenvalue weighted by molar-refractivity contribution is 0.00523. The zero-order valence-corrected chi connectivity index (χ0v) is 9.08. The van der Waals surface area contributed by atoms with Crippen LogP contribution in [-0.4, -0.2) is 30.0 Å². The maximum absolute atomic E-state index is 9.79. The van der Waals surface area contributed by atoms with Gasteiger partial charge in [0.2, 0.25) is 0 Å². The van der Waals surface area contributed by atoms with Gasteiger partial charge in [-0.2, -0.15) is 0 Å². The van der Waals surface area contributed by atoms with Crippen LogP contribution < -0.4 is 0 Å². The summed E-state index contributed by atoms with van der Waals surface area (Å²) in [5, 5.41) is 9.79. The molecule has 1 aliphatic carbocycles. The van der Waals surface area contributed by atoms with Gasteiger partial charge in [0.15, 0.2) is 0 Å². The van der Waals surface area contributed by atoms with E-state index >= 15 is 0 Å². The molecule has 2 fully saturated rings. The van der Waals surface area contributed by atoms with E-state index in [-0.39, 0.29) is 18.1 Å². The van der Waals surface area contributed by atoms with Gasteiger partial charge in [0.1, 0.15) is 6.10 Å². The van der Waals surface area contributed by atoms with Crippen LogP contribution in [0.1, 0.15) is 12.0 Å². The Morgan fingerprint density at radius 2 is 2.12 bits per heavy atom. The lowest BCUT2D eigenvalue weighted by Gasteiger charge is -2.16. The first-order valence-electron chi connectivity index (χ1n) is 5.80. The average molecular weight is 220 g/mol. The van der Waals surface area contributed by atoms with E-state index in [1.165, 1.54) is 5.56 Å². The second-order valence-electron chi connectivity index (χ2n) is 4.63. The molecule has 0 radical (unpaired) electrons. The van der Waals surface area contributed by atoms with E-state index < -0.39 is 0 Å². The highest BCUT2D eigenvalue weighted by atomic mass is 16.6. The fraction of sp³-hybridized carbons (Fsp3) is 0.538. The number of rotatable bonds is 4. The molecule has 1 aromatic carbocycles. The van der Waals surface area contributed by atoms with E-state index in [2.05, 4.69) is 0 Å². The van der Waals surface area contributed by atoms with Gasteiger partial charge in [0.05, 0.1) is 25.4 Å². The fourth-order valence-corrected chi connectivity index (χ4v) is 2.42. The van der Waals surface area contributed by atoms with Crippen LogP contribution in [0.3, 0.4) is 0 Å². The number of hydrogen-bond donors (Lipinski definition) is 1. The van der Waals surface area contributed by atoms with Gasteiger partial charge < -0.3 is 14.6 Å². The molecule has 4 atom stereocenters. The Kier molecular flexibility index (Phi) is 2.67. The Balaban J connectivity index is 1.44. The van der Waals surface area contributed by atoms with Gasteiger partial charge in [-0.05, 0) is 12.0 Å². The predicted molar refractivity (Wildman–Crippen MR) is 58.9 cm³/mol. The van der Waals surface area contributed by atoms with E-state index in [1.54, 1.807) is 0 Å². The van der Waals surface area contributed by atoms with E-state index in [0.717, 1.165) is 6.42 Å². The summed E-state index contributed by atoms with van der Waals surface area (Å²) in [6.45, 7) is 1.26. The molecule has 3 nitrogen and oxygen atoms in total. The third kappa shape index (κ3) is 1.98. The van der Waals surface area contributed by atoms with E-state index in [0.29, 0.717) is 19.3 Å². The number of fused-ring (bicyclic) bond motifs is 1. The minimum absolute atomic E-state index is 0.102. The highest BCUT2D eigenvalue weighted by molar-refractivity contribution is 5.13. The van der Waals surface area contributed by atoms with Crippen LogP contribution in [0, 0.1) is 5.92 Å². The second kappa shape index (κ2) is 4.17. The first-order chi connectivity index (χ1) is 7.84. The molecule has 4 unspecified atom stereocenters. The van der Waals surface area contributed by atoms with Crippen molar-refractivity contribution in [3.63, 3.8) is 0 Å². The molecule has 2 aliphatic rings. The van der Waals surface area contributed by atoms with Crippen LogP contribution in [0.4, 0.5) is 0 Å². The summed E-state index contributed by atoms with van der Waals surface area (Å²) >= 11 is 0. The zero-order valence-electron chi connectivity index (χ0n) is 9.08. The van der Waals surface area contributed by atoms with Gasteiger partial charge in [0.25, 0.3) is 0 Å². The Hall–Kier alpha value is -0.900. The van der Waals surface area contributed by atoms with Crippen molar-refractivity contribution >= 4 is 0 Å². The molecule has 86 valence electrons. The third-order valence-electron chi connectivity index (χ3n) is 3.42. The molecule has 1 saturated heterocycles. The lowest BCUT2D eigenvalue weighted by Crippen LogP contribution is -2.25. The Bertz CT molecular complexity index is 351. The summed E-state index contributed by atoms with van der Waals surface area (Å²) in [4.78, 5) is 0.